The number of carbonyl (C=O) groups is 1. The molecule has 0 saturated heterocycles. The Hall–Kier alpha value is -1.33. The molecule has 16 heavy (non-hydrogen) atoms. The third-order valence-corrected chi connectivity index (χ3v) is 2.18. The molecular formula is C10H12ClFN2O2. The van der Waals surface area contributed by atoms with Crippen LogP contribution in [0.2, 0.25) is 5.02 Å². The summed E-state index contributed by atoms with van der Waals surface area (Å²) >= 11 is 5.75. The van der Waals surface area contributed by atoms with E-state index in [4.69, 9.17) is 22.1 Å². The van der Waals surface area contributed by atoms with Crippen molar-refractivity contribution in [2.75, 3.05) is 13.1 Å². The maximum Gasteiger partial charge on any atom is 0.407 e. The lowest BCUT2D eigenvalue weighted by Gasteiger charge is -2.08. The predicted octanol–water partition coefficient (Wildman–Crippen LogP) is 1.66. The van der Waals surface area contributed by atoms with Gasteiger partial charge >= 0.3 is 6.09 Å². The summed E-state index contributed by atoms with van der Waals surface area (Å²) in [5, 5.41) is 2.62. The van der Waals surface area contributed by atoms with E-state index in [1.807, 2.05) is 0 Å². The highest BCUT2D eigenvalue weighted by Gasteiger charge is 2.09. The van der Waals surface area contributed by atoms with Crippen molar-refractivity contribution in [2.45, 2.75) is 6.61 Å². The summed E-state index contributed by atoms with van der Waals surface area (Å²) in [5.41, 5.74) is 5.34. The monoisotopic (exact) mass is 246 g/mol. The molecule has 3 N–H and O–H groups in total. The van der Waals surface area contributed by atoms with E-state index in [0.29, 0.717) is 13.1 Å². The van der Waals surface area contributed by atoms with E-state index in [1.54, 1.807) is 0 Å². The van der Waals surface area contributed by atoms with Gasteiger partial charge in [0.05, 0.1) is 5.02 Å². The van der Waals surface area contributed by atoms with E-state index in [9.17, 15) is 9.18 Å². The summed E-state index contributed by atoms with van der Waals surface area (Å²) in [6.45, 7) is 0.418. The molecule has 0 aliphatic heterocycles. The molecule has 4 nitrogen and oxygen atoms in total. The summed E-state index contributed by atoms with van der Waals surface area (Å²) in [6, 6.07) is 4.26. The fourth-order valence-electron chi connectivity index (χ4n) is 1.03. The first-order valence-electron chi connectivity index (χ1n) is 4.68. The molecule has 0 saturated carbocycles. The fraction of sp³-hybridized carbons (Fsp3) is 0.300. The van der Waals surface area contributed by atoms with Gasteiger partial charge in [0.25, 0.3) is 0 Å². The number of halogens is 2. The van der Waals surface area contributed by atoms with E-state index in [-0.39, 0.29) is 17.2 Å². The van der Waals surface area contributed by atoms with Crippen molar-refractivity contribution >= 4 is 17.7 Å². The number of ether oxygens (including phenoxy) is 1. The first-order chi connectivity index (χ1) is 7.65. The number of amides is 1. The van der Waals surface area contributed by atoms with E-state index in [1.165, 1.54) is 18.2 Å². The molecule has 1 aromatic carbocycles. The van der Waals surface area contributed by atoms with E-state index < -0.39 is 11.9 Å². The molecule has 1 rings (SSSR count). The minimum atomic E-state index is -0.648. The number of hydrogen-bond acceptors (Lipinski definition) is 3. The molecule has 6 heteroatoms. The Morgan fingerprint density at radius 2 is 2.31 bits per heavy atom. The molecule has 0 bridgehead atoms. The van der Waals surface area contributed by atoms with Crippen LogP contribution < -0.4 is 11.1 Å². The van der Waals surface area contributed by atoms with Gasteiger partial charge in [-0.3, -0.25) is 0 Å². The van der Waals surface area contributed by atoms with Gasteiger partial charge in [0.15, 0.2) is 0 Å². The molecule has 0 aromatic heterocycles. The zero-order valence-corrected chi connectivity index (χ0v) is 9.26. The molecule has 0 fully saturated rings. The number of nitrogens with one attached hydrogen (secondary N) is 1. The summed E-state index contributed by atoms with van der Waals surface area (Å²) in [6.07, 6.45) is -0.648. The lowest BCUT2D eigenvalue weighted by atomic mass is 10.2. The highest BCUT2D eigenvalue weighted by molar-refractivity contribution is 6.31. The van der Waals surface area contributed by atoms with Gasteiger partial charge < -0.3 is 15.8 Å². The van der Waals surface area contributed by atoms with Crippen molar-refractivity contribution in [3.8, 4) is 0 Å². The molecule has 0 aliphatic carbocycles. The highest BCUT2D eigenvalue weighted by Crippen LogP contribution is 2.19. The maximum atomic E-state index is 13.2. The van der Waals surface area contributed by atoms with Crippen LogP contribution in [0.1, 0.15) is 5.56 Å². The first-order valence-corrected chi connectivity index (χ1v) is 5.06. The smallest absolute Gasteiger partial charge is 0.407 e. The number of nitrogens with two attached hydrogens (primary N) is 1. The van der Waals surface area contributed by atoms with Crippen molar-refractivity contribution in [1.29, 1.82) is 0 Å². The van der Waals surface area contributed by atoms with Crippen LogP contribution in [0.25, 0.3) is 0 Å². The standard InChI is InChI=1S/C10H12ClFN2O2/c11-8-2-1-3-9(12)7(8)6-16-10(15)14-5-4-13/h1-3H,4-6,13H2,(H,14,15). The lowest BCUT2D eigenvalue weighted by molar-refractivity contribution is 0.139. The zero-order valence-electron chi connectivity index (χ0n) is 8.50. The molecule has 0 radical (unpaired) electrons. The van der Waals surface area contributed by atoms with Crippen LogP contribution in [0.15, 0.2) is 18.2 Å². The highest BCUT2D eigenvalue weighted by atomic mass is 35.5. The Kier molecular flexibility index (Phi) is 5.01. The fourth-order valence-corrected chi connectivity index (χ4v) is 1.25. The normalized spacial score (nSPS) is 9.94. The average molecular weight is 247 g/mol. The Bertz CT molecular complexity index is 354. The summed E-state index contributed by atoms with van der Waals surface area (Å²) in [5.74, 6) is -0.501. The SMILES string of the molecule is NCCNC(=O)OCc1c(F)cccc1Cl. The Labute approximate surface area is 97.5 Å². The van der Waals surface area contributed by atoms with E-state index in [0.717, 1.165) is 0 Å². The largest absolute Gasteiger partial charge is 0.445 e. The van der Waals surface area contributed by atoms with Gasteiger partial charge in [0, 0.05) is 18.7 Å². The molecule has 1 amide bonds. The van der Waals surface area contributed by atoms with Crippen molar-refractivity contribution in [2.24, 2.45) is 5.73 Å². The minimum absolute atomic E-state index is 0.159. The van der Waals surface area contributed by atoms with Crippen LogP contribution in [0, 0.1) is 5.82 Å². The van der Waals surface area contributed by atoms with Crippen molar-refractivity contribution < 1.29 is 13.9 Å². The Balaban J connectivity index is 2.51. The van der Waals surface area contributed by atoms with E-state index in [2.05, 4.69) is 5.32 Å². The predicted molar refractivity (Wildman–Crippen MR) is 58.7 cm³/mol. The number of benzene rings is 1. The molecule has 0 aliphatic rings. The molecule has 1 aromatic rings. The summed E-state index contributed by atoms with van der Waals surface area (Å²) in [4.78, 5) is 11.0. The van der Waals surface area contributed by atoms with Crippen LogP contribution in [0.5, 0.6) is 0 Å². The van der Waals surface area contributed by atoms with Gasteiger partial charge in [0.1, 0.15) is 12.4 Å². The zero-order chi connectivity index (χ0) is 12.0. The van der Waals surface area contributed by atoms with Crippen LogP contribution in [0.4, 0.5) is 9.18 Å². The van der Waals surface area contributed by atoms with Crippen LogP contribution in [-0.2, 0) is 11.3 Å². The topological polar surface area (TPSA) is 64.3 Å². The van der Waals surface area contributed by atoms with Crippen LogP contribution in [0.3, 0.4) is 0 Å². The summed E-state index contributed by atoms with van der Waals surface area (Å²) < 4.78 is 18.0. The average Bonchev–Trinajstić information content (AvgIpc) is 2.25. The lowest BCUT2D eigenvalue weighted by Crippen LogP contribution is -2.29. The molecule has 0 atom stereocenters. The minimum Gasteiger partial charge on any atom is -0.445 e. The first kappa shape index (κ1) is 12.7. The molecule has 0 unspecified atom stereocenters. The van der Waals surface area contributed by atoms with Crippen LogP contribution >= 0.6 is 11.6 Å². The molecule has 88 valence electrons. The third-order valence-electron chi connectivity index (χ3n) is 1.82. The second-order valence-electron chi connectivity index (χ2n) is 2.99. The van der Waals surface area contributed by atoms with Crippen molar-refractivity contribution in [3.63, 3.8) is 0 Å². The number of alkyl carbamates (subject to hydrolysis) is 1. The van der Waals surface area contributed by atoms with E-state index >= 15 is 0 Å². The van der Waals surface area contributed by atoms with Gasteiger partial charge in [0.2, 0.25) is 0 Å². The van der Waals surface area contributed by atoms with Gasteiger partial charge in [-0.15, -0.1) is 0 Å². The Morgan fingerprint density at radius 3 is 2.94 bits per heavy atom. The van der Waals surface area contributed by atoms with Gasteiger partial charge in [-0.1, -0.05) is 17.7 Å². The molecule has 0 heterocycles. The second kappa shape index (κ2) is 6.30. The number of hydrogen-bond donors (Lipinski definition) is 2. The Morgan fingerprint density at radius 1 is 1.56 bits per heavy atom. The van der Waals surface area contributed by atoms with Crippen molar-refractivity contribution in [3.05, 3.63) is 34.6 Å². The van der Waals surface area contributed by atoms with Crippen LogP contribution in [-0.4, -0.2) is 19.2 Å². The molecule has 0 spiro atoms. The number of carbonyl (C=O) groups excluding carboxylic acids is 1. The van der Waals surface area contributed by atoms with Gasteiger partial charge in [-0.05, 0) is 12.1 Å². The molecular weight excluding hydrogens is 235 g/mol. The second-order valence-corrected chi connectivity index (χ2v) is 3.40. The quantitative estimate of drug-likeness (QED) is 0.849. The van der Waals surface area contributed by atoms with Crippen molar-refractivity contribution in [1.82, 2.24) is 5.32 Å². The summed E-state index contributed by atoms with van der Waals surface area (Å²) in [7, 11) is 0. The maximum absolute atomic E-state index is 13.2. The van der Waals surface area contributed by atoms with Gasteiger partial charge in [-0.2, -0.15) is 0 Å². The third kappa shape index (κ3) is 3.67. The van der Waals surface area contributed by atoms with Gasteiger partial charge in [-0.25, -0.2) is 9.18 Å². The number of rotatable bonds is 4.